The third-order valence-corrected chi connectivity index (χ3v) is 3.45. The smallest absolute Gasteiger partial charge is 0.407 e. The lowest BCUT2D eigenvalue weighted by atomic mass is 10.2. The fourth-order valence-corrected chi connectivity index (χ4v) is 2.05. The van der Waals surface area contributed by atoms with Crippen LogP contribution in [0, 0.1) is 0 Å². The second kappa shape index (κ2) is 9.11. The summed E-state index contributed by atoms with van der Waals surface area (Å²) in [5.41, 5.74) is 0.908. The van der Waals surface area contributed by atoms with Gasteiger partial charge in [0, 0.05) is 31.9 Å². The minimum atomic E-state index is -0.706. The summed E-state index contributed by atoms with van der Waals surface area (Å²) in [4.78, 5) is 34.7. The summed E-state index contributed by atoms with van der Waals surface area (Å²) in [6.07, 6.45) is -0.615. The Hall–Kier alpha value is -3.49. The number of ether oxygens (including phenoxy) is 1. The molecular weight excluding hydrogens is 340 g/mol. The standard InChI is InChI=1S/C17H20N4O5/c1-18-13-7-5-12(6-8-13)11-26-17(24)20-10-9-19-16(23)14-3-2-4-15(22)21(14)25/h2-8,18,25H,9-11H2,1H3,(H,19,23)(H,20,24). The number of carbonyl (C=O) groups is 2. The first-order valence-electron chi connectivity index (χ1n) is 7.88. The molecule has 0 spiro atoms. The summed E-state index contributed by atoms with van der Waals surface area (Å²) in [5.74, 6) is -0.634. The molecule has 2 aromatic rings. The van der Waals surface area contributed by atoms with Crippen LogP contribution in [0.2, 0.25) is 0 Å². The number of alkyl carbamates (subject to hydrolysis) is 1. The molecule has 0 saturated heterocycles. The molecule has 2 amide bonds. The summed E-state index contributed by atoms with van der Waals surface area (Å²) in [6, 6.07) is 11.2. The zero-order chi connectivity index (χ0) is 18.9. The SMILES string of the molecule is CNc1ccc(COC(=O)NCCNC(=O)c2cccc(=O)n2O)cc1. The maximum atomic E-state index is 11.8. The molecule has 1 aromatic carbocycles. The minimum absolute atomic E-state index is 0.105. The summed E-state index contributed by atoms with van der Waals surface area (Å²) >= 11 is 0. The first-order valence-corrected chi connectivity index (χ1v) is 7.88. The van der Waals surface area contributed by atoms with E-state index in [1.165, 1.54) is 12.1 Å². The number of aromatic nitrogens is 1. The molecule has 138 valence electrons. The van der Waals surface area contributed by atoms with Gasteiger partial charge in [-0.3, -0.25) is 9.59 Å². The lowest BCUT2D eigenvalue weighted by molar-refractivity contribution is 0.0890. The van der Waals surface area contributed by atoms with E-state index in [4.69, 9.17) is 4.74 Å². The van der Waals surface area contributed by atoms with Crippen molar-refractivity contribution in [1.29, 1.82) is 0 Å². The monoisotopic (exact) mass is 360 g/mol. The molecule has 0 aliphatic carbocycles. The molecule has 0 bridgehead atoms. The normalized spacial score (nSPS) is 10.0. The number of rotatable bonds is 7. The third kappa shape index (κ3) is 5.26. The van der Waals surface area contributed by atoms with Crippen LogP contribution in [0.25, 0.3) is 0 Å². The van der Waals surface area contributed by atoms with Crippen molar-refractivity contribution in [3.63, 3.8) is 0 Å². The van der Waals surface area contributed by atoms with Crippen LogP contribution in [0.4, 0.5) is 10.5 Å². The predicted octanol–water partition coefficient (Wildman–Crippen LogP) is 0.783. The molecule has 0 atom stereocenters. The first-order chi connectivity index (χ1) is 12.5. The highest BCUT2D eigenvalue weighted by atomic mass is 16.5. The third-order valence-electron chi connectivity index (χ3n) is 3.45. The van der Waals surface area contributed by atoms with Gasteiger partial charge in [-0.2, -0.15) is 0 Å². The average molecular weight is 360 g/mol. The van der Waals surface area contributed by atoms with Gasteiger partial charge in [-0.25, -0.2) is 4.79 Å². The summed E-state index contributed by atoms with van der Waals surface area (Å²) in [7, 11) is 1.81. The molecule has 0 fully saturated rings. The number of amides is 2. The van der Waals surface area contributed by atoms with Crippen molar-refractivity contribution >= 4 is 17.7 Å². The Morgan fingerprint density at radius 1 is 1.08 bits per heavy atom. The van der Waals surface area contributed by atoms with Crippen LogP contribution in [0.1, 0.15) is 16.1 Å². The van der Waals surface area contributed by atoms with Gasteiger partial charge in [-0.1, -0.05) is 18.2 Å². The van der Waals surface area contributed by atoms with E-state index in [9.17, 15) is 19.6 Å². The number of carbonyl (C=O) groups excluding carboxylic acids is 2. The fourth-order valence-electron chi connectivity index (χ4n) is 2.05. The highest BCUT2D eigenvalue weighted by Crippen LogP contribution is 2.09. The van der Waals surface area contributed by atoms with E-state index in [0.717, 1.165) is 17.3 Å². The van der Waals surface area contributed by atoms with Crippen LogP contribution < -0.4 is 21.5 Å². The van der Waals surface area contributed by atoms with Gasteiger partial charge in [0.25, 0.3) is 11.5 Å². The van der Waals surface area contributed by atoms with Crippen molar-refractivity contribution in [3.8, 4) is 0 Å². The minimum Gasteiger partial charge on any atom is -0.445 e. The maximum Gasteiger partial charge on any atom is 0.407 e. The van der Waals surface area contributed by atoms with Crippen molar-refractivity contribution in [2.24, 2.45) is 0 Å². The molecule has 26 heavy (non-hydrogen) atoms. The van der Waals surface area contributed by atoms with E-state index in [2.05, 4.69) is 16.0 Å². The van der Waals surface area contributed by atoms with Crippen LogP contribution in [-0.4, -0.2) is 42.1 Å². The number of pyridine rings is 1. The van der Waals surface area contributed by atoms with E-state index in [1.807, 2.05) is 31.3 Å². The van der Waals surface area contributed by atoms with Gasteiger partial charge in [0.2, 0.25) is 0 Å². The fraction of sp³-hybridized carbons (Fsp3) is 0.235. The Morgan fingerprint density at radius 2 is 1.77 bits per heavy atom. The molecule has 1 heterocycles. The van der Waals surface area contributed by atoms with Crippen LogP contribution in [0.3, 0.4) is 0 Å². The van der Waals surface area contributed by atoms with Gasteiger partial charge in [0.15, 0.2) is 0 Å². The van der Waals surface area contributed by atoms with E-state index in [0.29, 0.717) is 0 Å². The molecule has 9 nitrogen and oxygen atoms in total. The number of nitrogens with zero attached hydrogens (tertiary/aromatic N) is 1. The number of hydrogen-bond acceptors (Lipinski definition) is 6. The molecule has 0 radical (unpaired) electrons. The molecule has 0 aliphatic heterocycles. The Kier molecular flexibility index (Phi) is 6.60. The van der Waals surface area contributed by atoms with Gasteiger partial charge in [-0.05, 0) is 23.8 Å². The molecule has 2 rings (SSSR count). The van der Waals surface area contributed by atoms with Crippen LogP contribution in [0.15, 0.2) is 47.3 Å². The molecule has 4 N–H and O–H groups in total. The summed E-state index contributed by atoms with van der Waals surface area (Å²) in [6.45, 7) is 0.364. The Labute approximate surface area is 149 Å². The predicted molar refractivity (Wildman–Crippen MR) is 94.4 cm³/mol. The average Bonchev–Trinajstić information content (AvgIpc) is 2.66. The lowest BCUT2D eigenvalue weighted by Gasteiger charge is -2.09. The molecule has 1 aromatic heterocycles. The van der Waals surface area contributed by atoms with Crippen molar-refractivity contribution in [2.45, 2.75) is 6.61 Å². The van der Waals surface area contributed by atoms with Crippen LogP contribution in [0.5, 0.6) is 0 Å². The van der Waals surface area contributed by atoms with Crippen molar-refractivity contribution in [2.75, 3.05) is 25.5 Å². The van der Waals surface area contributed by atoms with Gasteiger partial charge in [-0.15, -0.1) is 4.73 Å². The number of hydrogen-bond donors (Lipinski definition) is 4. The quantitative estimate of drug-likeness (QED) is 0.428. The lowest BCUT2D eigenvalue weighted by Crippen LogP contribution is -2.37. The van der Waals surface area contributed by atoms with E-state index >= 15 is 0 Å². The largest absolute Gasteiger partial charge is 0.445 e. The topological polar surface area (TPSA) is 122 Å². The molecule has 9 heteroatoms. The number of nitrogens with one attached hydrogen (secondary N) is 3. The van der Waals surface area contributed by atoms with Crippen LogP contribution in [-0.2, 0) is 11.3 Å². The molecular formula is C17H20N4O5. The van der Waals surface area contributed by atoms with Crippen molar-refractivity contribution in [3.05, 3.63) is 64.1 Å². The molecule has 0 aliphatic rings. The maximum absolute atomic E-state index is 11.8. The Morgan fingerprint density at radius 3 is 2.46 bits per heavy atom. The van der Waals surface area contributed by atoms with Crippen LogP contribution >= 0.6 is 0 Å². The van der Waals surface area contributed by atoms with Gasteiger partial charge >= 0.3 is 6.09 Å². The van der Waals surface area contributed by atoms with Crippen molar-refractivity contribution in [1.82, 2.24) is 15.4 Å². The second-order valence-corrected chi connectivity index (χ2v) is 5.27. The van der Waals surface area contributed by atoms with Gasteiger partial charge in [0.05, 0.1) is 0 Å². The van der Waals surface area contributed by atoms with E-state index in [1.54, 1.807) is 0 Å². The van der Waals surface area contributed by atoms with E-state index < -0.39 is 17.6 Å². The highest BCUT2D eigenvalue weighted by Gasteiger charge is 2.11. The summed E-state index contributed by atoms with van der Waals surface area (Å²) in [5, 5.41) is 17.4. The van der Waals surface area contributed by atoms with Gasteiger partial charge < -0.3 is 25.9 Å². The highest BCUT2D eigenvalue weighted by molar-refractivity contribution is 5.92. The Balaban J connectivity index is 1.68. The summed E-state index contributed by atoms with van der Waals surface area (Å²) < 4.78 is 5.32. The molecule has 0 saturated carbocycles. The second-order valence-electron chi connectivity index (χ2n) is 5.27. The zero-order valence-corrected chi connectivity index (χ0v) is 14.2. The van der Waals surface area contributed by atoms with E-state index in [-0.39, 0.29) is 30.1 Å². The van der Waals surface area contributed by atoms with Crippen molar-refractivity contribution < 1.29 is 19.5 Å². The Bertz CT molecular complexity index is 817. The van der Waals surface area contributed by atoms with Gasteiger partial charge in [0.1, 0.15) is 12.3 Å². The number of benzene rings is 1. The number of anilines is 1. The first kappa shape index (κ1) is 18.8. The zero-order valence-electron chi connectivity index (χ0n) is 14.2. The molecule has 0 unspecified atom stereocenters.